The first-order valence-electron chi connectivity index (χ1n) is 3.90. The molecule has 1 aliphatic rings. The zero-order valence-corrected chi connectivity index (χ0v) is 7.34. The third-order valence-electron chi connectivity index (χ3n) is 2.02. The van der Waals surface area contributed by atoms with Gasteiger partial charge >= 0.3 is 0 Å². The lowest BCUT2D eigenvalue weighted by Gasteiger charge is -2.32. The number of hydrogen-bond acceptors (Lipinski definition) is 3. The second kappa shape index (κ2) is 3.62. The largest absolute Gasteiger partial charge is 0.378 e. The molecule has 0 atom stereocenters. The van der Waals surface area contributed by atoms with Crippen LogP contribution in [-0.4, -0.2) is 50.2 Å². The van der Waals surface area contributed by atoms with Gasteiger partial charge in [0.25, 0.3) is 0 Å². The van der Waals surface area contributed by atoms with Crippen LogP contribution in [0.4, 0.5) is 0 Å². The van der Waals surface area contributed by atoms with E-state index in [0.29, 0.717) is 0 Å². The van der Waals surface area contributed by atoms with Crippen molar-refractivity contribution in [2.24, 2.45) is 0 Å². The molecule has 3 nitrogen and oxygen atoms in total. The summed E-state index contributed by atoms with van der Waals surface area (Å²) >= 11 is 0. The summed E-state index contributed by atoms with van der Waals surface area (Å²) < 4.78 is 5.34. The van der Waals surface area contributed by atoms with Crippen LogP contribution >= 0.6 is 0 Å². The van der Waals surface area contributed by atoms with E-state index in [0.717, 1.165) is 32.1 Å². The number of ether oxygens (including phenoxy) is 1. The highest BCUT2D eigenvalue weighted by Crippen LogP contribution is 2.05. The summed E-state index contributed by atoms with van der Waals surface area (Å²) in [7, 11) is 4.07. The maximum Gasteiger partial charge on any atom is 0.0961 e. The van der Waals surface area contributed by atoms with Crippen molar-refractivity contribution in [1.82, 2.24) is 9.80 Å². The Bertz CT molecular complexity index is 133. The predicted molar refractivity (Wildman–Crippen MR) is 45.2 cm³/mol. The molecule has 0 amide bonds. The Morgan fingerprint density at radius 2 is 1.64 bits per heavy atom. The van der Waals surface area contributed by atoms with Gasteiger partial charge in [-0.2, -0.15) is 0 Å². The molecule has 0 aromatic heterocycles. The first-order chi connectivity index (χ1) is 5.22. The van der Waals surface area contributed by atoms with E-state index < -0.39 is 0 Å². The molecule has 0 aromatic rings. The molecule has 0 unspecified atom stereocenters. The van der Waals surface area contributed by atoms with Gasteiger partial charge in [0, 0.05) is 27.2 Å². The molecule has 1 heterocycles. The van der Waals surface area contributed by atoms with Crippen LogP contribution in [0, 0.1) is 0 Å². The van der Waals surface area contributed by atoms with Gasteiger partial charge in [-0.05, 0) is 0 Å². The summed E-state index contributed by atoms with van der Waals surface area (Å²) in [4.78, 5) is 4.22. The van der Waals surface area contributed by atoms with Crippen LogP contribution in [0.3, 0.4) is 0 Å². The zero-order chi connectivity index (χ0) is 8.27. The topological polar surface area (TPSA) is 15.7 Å². The van der Waals surface area contributed by atoms with Crippen LogP contribution < -0.4 is 0 Å². The van der Waals surface area contributed by atoms with E-state index in [1.807, 2.05) is 14.1 Å². The van der Waals surface area contributed by atoms with Crippen LogP contribution in [0.25, 0.3) is 0 Å². The average molecular weight is 156 g/mol. The highest BCUT2D eigenvalue weighted by Gasteiger charge is 2.09. The molecule has 1 saturated heterocycles. The van der Waals surface area contributed by atoms with Crippen molar-refractivity contribution < 1.29 is 4.74 Å². The molecule has 0 N–H and O–H groups in total. The number of hydrogen-bond donors (Lipinski definition) is 0. The minimum atomic E-state index is 0.809. The Balaban J connectivity index is 2.49. The van der Waals surface area contributed by atoms with Gasteiger partial charge in [0.1, 0.15) is 0 Å². The van der Waals surface area contributed by atoms with E-state index in [4.69, 9.17) is 4.74 Å². The summed E-state index contributed by atoms with van der Waals surface area (Å²) in [6.07, 6.45) is 0. The maximum absolute atomic E-state index is 5.34. The fraction of sp³-hybridized carbons (Fsp3) is 0.750. The van der Waals surface area contributed by atoms with E-state index in [1.54, 1.807) is 0 Å². The van der Waals surface area contributed by atoms with Crippen molar-refractivity contribution in [2.75, 3.05) is 40.4 Å². The molecular weight excluding hydrogens is 140 g/mol. The summed E-state index contributed by atoms with van der Waals surface area (Å²) in [5.41, 5.74) is 0. The molecule has 0 saturated carbocycles. The van der Waals surface area contributed by atoms with Gasteiger partial charge in [-0.25, -0.2) is 0 Å². The minimum absolute atomic E-state index is 0.809. The Hall–Kier alpha value is -0.700. The standard InChI is InChI=1S/C8H16N2O/c1-8-9(2)4-6-11-7-5-10(8)3/h1,4-7H2,2-3H3. The molecule has 3 heteroatoms. The lowest BCUT2D eigenvalue weighted by atomic mass is 10.4. The lowest BCUT2D eigenvalue weighted by Crippen LogP contribution is -2.36. The second-order valence-corrected chi connectivity index (χ2v) is 2.87. The summed E-state index contributed by atoms with van der Waals surface area (Å²) in [6, 6.07) is 0. The normalized spacial score (nSPS) is 21.5. The molecule has 64 valence electrons. The molecule has 0 spiro atoms. The van der Waals surface area contributed by atoms with Crippen molar-refractivity contribution in [2.45, 2.75) is 0 Å². The van der Waals surface area contributed by atoms with Gasteiger partial charge in [0.15, 0.2) is 0 Å². The maximum atomic E-state index is 5.34. The summed E-state index contributed by atoms with van der Waals surface area (Å²) in [5.74, 6) is 1.08. The highest BCUT2D eigenvalue weighted by atomic mass is 16.5. The highest BCUT2D eigenvalue weighted by molar-refractivity contribution is 4.91. The molecule has 1 rings (SSSR count). The Kier molecular flexibility index (Phi) is 2.76. The Labute approximate surface area is 68.2 Å². The van der Waals surface area contributed by atoms with Gasteiger partial charge in [-0.1, -0.05) is 6.58 Å². The van der Waals surface area contributed by atoms with E-state index in [-0.39, 0.29) is 0 Å². The monoisotopic (exact) mass is 156 g/mol. The smallest absolute Gasteiger partial charge is 0.0961 e. The predicted octanol–water partition coefficient (Wildman–Crippen LogP) is 0.351. The average Bonchev–Trinajstić information content (AvgIpc) is 2.00. The molecule has 0 aliphatic carbocycles. The summed E-state index contributed by atoms with van der Waals surface area (Å²) in [6.45, 7) is 7.46. The fourth-order valence-electron chi connectivity index (χ4n) is 1.05. The molecule has 0 radical (unpaired) electrons. The zero-order valence-electron chi connectivity index (χ0n) is 7.34. The molecule has 1 fully saturated rings. The first kappa shape index (κ1) is 8.40. The van der Waals surface area contributed by atoms with Crippen molar-refractivity contribution in [3.63, 3.8) is 0 Å². The second-order valence-electron chi connectivity index (χ2n) is 2.87. The van der Waals surface area contributed by atoms with E-state index in [1.165, 1.54) is 0 Å². The molecule has 1 aliphatic heterocycles. The van der Waals surface area contributed by atoms with Crippen LogP contribution in [0.5, 0.6) is 0 Å². The number of likely N-dealkylation sites (N-methyl/N-ethyl adjacent to an activating group) is 2. The SMILES string of the molecule is C=C1N(C)CCOCCN1C. The van der Waals surface area contributed by atoms with Crippen molar-refractivity contribution >= 4 is 0 Å². The quantitative estimate of drug-likeness (QED) is 0.503. The van der Waals surface area contributed by atoms with Crippen LogP contribution in [0.1, 0.15) is 0 Å². The van der Waals surface area contributed by atoms with Crippen LogP contribution in [0.2, 0.25) is 0 Å². The van der Waals surface area contributed by atoms with E-state index in [9.17, 15) is 0 Å². The van der Waals surface area contributed by atoms with Crippen molar-refractivity contribution in [1.29, 1.82) is 0 Å². The van der Waals surface area contributed by atoms with Gasteiger partial charge in [-0.15, -0.1) is 0 Å². The molecule has 0 bridgehead atoms. The van der Waals surface area contributed by atoms with Crippen LogP contribution in [-0.2, 0) is 4.74 Å². The molecule has 11 heavy (non-hydrogen) atoms. The van der Waals surface area contributed by atoms with E-state index in [2.05, 4.69) is 16.4 Å². The minimum Gasteiger partial charge on any atom is -0.378 e. The molecular formula is C8H16N2O. The van der Waals surface area contributed by atoms with E-state index >= 15 is 0 Å². The van der Waals surface area contributed by atoms with Gasteiger partial charge in [0.05, 0.1) is 19.0 Å². The van der Waals surface area contributed by atoms with Crippen molar-refractivity contribution in [3.05, 3.63) is 12.4 Å². The Morgan fingerprint density at radius 1 is 1.18 bits per heavy atom. The fourth-order valence-corrected chi connectivity index (χ4v) is 1.05. The van der Waals surface area contributed by atoms with Crippen molar-refractivity contribution in [3.8, 4) is 0 Å². The number of nitrogens with zero attached hydrogens (tertiary/aromatic N) is 2. The third-order valence-corrected chi connectivity index (χ3v) is 2.02. The van der Waals surface area contributed by atoms with Crippen LogP contribution in [0.15, 0.2) is 12.4 Å². The lowest BCUT2D eigenvalue weighted by molar-refractivity contribution is 0.0724. The third kappa shape index (κ3) is 2.12. The van der Waals surface area contributed by atoms with Gasteiger partial charge in [-0.3, -0.25) is 0 Å². The first-order valence-corrected chi connectivity index (χ1v) is 3.90. The number of rotatable bonds is 0. The summed E-state index contributed by atoms with van der Waals surface area (Å²) in [5, 5.41) is 0. The van der Waals surface area contributed by atoms with Gasteiger partial charge < -0.3 is 14.5 Å². The van der Waals surface area contributed by atoms with Gasteiger partial charge in [0.2, 0.25) is 0 Å². The Morgan fingerprint density at radius 3 is 2.09 bits per heavy atom. The molecule has 0 aromatic carbocycles.